The Labute approximate surface area is 145 Å². The molecule has 0 radical (unpaired) electrons. The number of benzene rings is 1. The zero-order valence-electron chi connectivity index (χ0n) is 14.2. The topological polar surface area (TPSA) is 60.3 Å². The van der Waals surface area contributed by atoms with E-state index in [9.17, 15) is 9.18 Å². The van der Waals surface area contributed by atoms with Gasteiger partial charge in [0.15, 0.2) is 0 Å². The molecular formula is C18H21FN4O2. The maximum atomic E-state index is 13.1. The fourth-order valence-corrected chi connectivity index (χ4v) is 3.78. The van der Waals surface area contributed by atoms with E-state index in [4.69, 9.17) is 4.74 Å². The smallest absolute Gasteiger partial charge is 0.293 e. The SMILES string of the molecule is Cc1nc(C(=O)N2CCO[C@@H]3CCCC[C@H]32)nn1-c1ccc(F)cc1. The highest BCUT2D eigenvalue weighted by Gasteiger charge is 2.38. The van der Waals surface area contributed by atoms with Crippen LogP contribution in [0.3, 0.4) is 0 Å². The number of nitrogens with zero attached hydrogens (tertiary/aromatic N) is 4. The molecule has 0 unspecified atom stereocenters. The minimum absolute atomic E-state index is 0.119. The highest BCUT2D eigenvalue weighted by atomic mass is 19.1. The summed E-state index contributed by atoms with van der Waals surface area (Å²) in [5.74, 6) is 0.329. The first-order valence-electron chi connectivity index (χ1n) is 8.75. The van der Waals surface area contributed by atoms with Gasteiger partial charge in [-0.05, 0) is 44.0 Å². The van der Waals surface area contributed by atoms with Gasteiger partial charge >= 0.3 is 0 Å². The summed E-state index contributed by atoms with van der Waals surface area (Å²) in [6.07, 6.45) is 4.37. The van der Waals surface area contributed by atoms with Gasteiger partial charge in [0.1, 0.15) is 11.6 Å². The molecule has 2 atom stereocenters. The van der Waals surface area contributed by atoms with Crippen molar-refractivity contribution in [2.75, 3.05) is 13.2 Å². The summed E-state index contributed by atoms with van der Waals surface area (Å²) >= 11 is 0. The van der Waals surface area contributed by atoms with E-state index >= 15 is 0 Å². The van der Waals surface area contributed by atoms with Gasteiger partial charge in [0.05, 0.1) is 24.4 Å². The number of halogens is 1. The Kier molecular flexibility index (Phi) is 4.25. The van der Waals surface area contributed by atoms with Crippen LogP contribution in [0.5, 0.6) is 0 Å². The van der Waals surface area contributed by atoms with Crippen molar-refractivity contribution in [1.29, 1.82) is 0 Å². The molecule has 1 amide bonds. The van der Waals surface area contributed by atoms with E-state index in [1.807, 2.05) is 4.90 Å². The number of ether oxygens (including phenoxy) is 1. The van der Waals surface area contributed by atoms with E-state index in [2.05, 4.69) is 10.1 Å². The van der Waals surface area contributed by atoms with Crippen LogP contribution < -0.4 is 0 Å². The lowest BCUT2D eigenvalue weighted by molar-refractivity contribution is -0.0755. The van der Waals surface area contributed by atoms with Crippen LogP contribution in [0.25, 0.3) is 5.69 Å². The molecule has 25 heavy (non-hydrogen) atoms. The lowest BCUT2D eigenvalue weighted by atomic mass is 9.90. The first kappa shape index (κ1) is 16.2. The summed E-state index contributed by atoms with van der Waals surface area (Å²) in [4.78, 5) is 19.2. The maximum absolute atomic E-state index is 13.1. The zero-order chi connectivity index (χ0) is 17.4. The number of rotatable bonds is 2. The van der Waals surface area contributed by atoms with Gasteiger partial charge < -0.3 is 9.64 Å². The normalized spacial score (nSPS) is 23.4. The molecule has 2 heterocycles. The number of carbonyl (C=O) groups is 1. The molecule has 7 heteroatoms. The second kappa shape index (κ2) is 6.55. The summed E-state index contributed by atoms with van der Waals surface area (Å²) in [6, 6.07) is 6.10. The van der Waals surface area contributed by atoms with E-state index in [-0.39, 0.29) is 29.7 Å². The summed E-state index contributed by atoms with van der Waals surface area (Å²) in [5.41, 5.74) is 0.683. The van der Waals surface area contributed by atoms with Gasteiger partial charge in [0, 0.05) is 6.54 Å². The Bertz CT molecular complexity index is 772. The van der Waals surface area contributed by atoms with Gasteiger partial charge in [-0.3, -0.25) is 4.79 Å². The minimum atomic E-state index is -0.311. The number of fused-ring (bicyclic) bond motifs is 1. The molecule has 1 aliphatic heterocycles. The Morgan fingerprint density at radius 3 is 2.80 bits per heavy atom. The highest BCUT2D eigenvalue weighted by Crippen LogP contribution is 2.29. The number of morpholine rings is 1. The summed E-state index contributed by atoms with van der Waals surface area (Å²) in [6.45, 7) is 2.92. The van der Waals surface area contributed by atoms with Crippen LogP contribution in [0.2, 0.25) is 0 Å². The lowest BCUT2D eigenvalue weighted by Gasteiger charge is -2.43. The van der Waals surface area contributed by atoms with E-state index in [0.29, 0.717) is 24.7 Å². The first-order chi connectivity index (χ1) is 12.1. The van der Waals surface area contributed by atoms with Crippen LogP contribution in [0, 0.1) is 12.7 Å². The van der Waals surface area contributed by atoms with Crippen molar-refractivity contribution in [3.05, 3.63) is 41.7 Å². The van der Waals surface area contributed by atoms with Crippen LogP contribution in [-0.2, 0) is 4.74 Å². The zero-order valence-corrected chi connectivity index (χ0v) is 14.2. The lowest BCUT2D eigenvalue weighted by Crippen LogP contribution is -2.55. The molecule has 6 nitrogen and oxygen atoms in total. The maximum Gasteiger partial charge on any atom is 0.293 e. The fourth-order valence-electron chi connectivity index (χ4n) is 3.78. The number of aryl methyl sites for hydroxylation is 1. The molecule has 0 bridgehead atoms. The average Bonchev–Trinajstić information content (AvgIpc) is 3.03. The predicted molar refractivity (Wildman–Crippen MR) is 89.1 cm³/mol. The molecule has 1 aliphatic carbocycles. The number of carbonyl (C=O) groups excluding carboxylic acids is 1. The summed E-state index contributed by atoms with van der Waals surface area (Å²) < 4.78 is 20.5. The fraction of sp³-hybridized carbons (Fsp3) is 0.500. The van der Waals surface area contributed by atoms with E-state index in [1.54, 1.807) is 23.7 Å². The molecule has 1 saturated carbocycles. The third-order valence-electron chi connectivity index (χ3n) is 5.02. The van der Waals surface area contributed by atoms with Crippen LogP contribution in [0.4, 0.5) is 4.39 Å². The monoisotopic (exact) mass is 344 g/mol. The van der Waals surface area contributed by atoms with Crippen molar-refractivity contribution in [2.45, 2.75) is 44.8 Å². The summed E-state index contributed by atoms with van der Waals surface area (Å²) in [5, 5.41) is 4.37. The Hall–Kier alpha value is -2.28. The van der Waals surface area contributed by atoms with Crippen molar-refractivity contribution in [3.8, 4) is 5.69 Å². The predicted octanol–water partition coefficient (Wildman–Crippen LogP) is 2.50. The molecule has 0 spiro atoms. The average molecular weight is 344 g/mol. The van der Waals surface area contributed by atoms with E-state index < -0.39 is 0 Å². The van der Waals surface area contributed by atoms with Crippen molar-refractivity contribution in [3.63, 3.8) is 0 Å². The van der Waals surface area contributed by atoms with Crippen LogP contribution in [0.1, 0.15) is 42.1 Å². The van der Waals surface area contributed by atoms with Gasteiger partial charge in [0.25, 0.3) is 5.91 Å². The third-order valence-corrected chi connectivity index (χ3v) is 5.02. The Balaban J connectivity index is 1.60. The second-order valence-electron chi connectivity index (χ2n) is 6.63. The highest BCUT2D eigenvalue weighted by molar-refractivity contribution is 5.90. The van der Waals surface area contributed by atoms with Gasteiger partial charge in [-0.25, -0.2) is 14.1 Å². The molecule has 0 N–H and O–H groups in total. The molecule has 2 aliphatic rings. The van der Waals surface area contributed by atoms with Crippen LogP contribution in [-0.4, -0.2) is 50.9 Å². The van der Waals surface area contributed by atoms with Gasteiger partial charge in [-0.1, -0.05) is 12.8 Å². The number of hydrogen-bond acceptors (Lipinski definition) is 4. The van der Waals surface area contributed by atoms with E-state index in [0.717, 1.165) is 25.7 Å². The van der Waals surface area contributed by atoms with Crippen molar-refractivity contribution >= 4 is 5.91 Å². The van der Waals surface area contributed by atoms with Crippen molar-refractivity contribution < 1.29 is 13.9 Å². The van der Waals surface area contributed by atoms with Crippen molar-refractivity contribution in [2.24, 2.45) is 0 Å². The first-order valence-corrected chi connectivity index (χ1v) is 8.75. The van der Waals surface area contributed by atoms with Crippen molar-refractivity contribution in [1.82, 2.24) is 19.7 Å². The number of hydrogen-bond donors (Lipinski definition) is 0. The van der Waals surface area contributed by atoms with Crippen LogP contribution >= 0.6 is 0 Å². The standard InChI is InChI=1S/C18H21FN4O2/c1-12-20-17(21-23(12)14-8-6-13(19)7-9-14)18(24)22-10-11-25-16-5-3-2-4-15(16)22/h6-9,15-16H,2-5,10-11H2,1H3/t15-,16-/m1/s1. The van der Waals surface area contributed by atoms with E-state index in [1.165, 1.54) is 12.1 Å². The minimum Gasteiger partial charge on any atom is -0.374 e. The quantitative estimate of drug-likeness (QED) is 0.840. The summed E-state index contributed by atoms with van der Waals surface area (Å²) in [7, 11) is 0. The Morgan fingerprint density at radius 1 is 1.24 bits per heavy atom. The number of amides is 1. The molecule has 1 aromatic heterocycles. The van der Waals surface area contributed by atoms with Gasteiger partial charge in [-0.15, -0.1) is 5.10 Å². The molecule has 1 saturated heterocycles. The van der Waals surface area contributed by atoms with Gasteiger partial charge in [0.2, 0.25) is 5.82 Å². The van der Waals surface area contributed by atoms with Crippen LogP contribution in [0.15, 0.2) is 24.3 Å². The number of aromatic nitrogens is 3. The second-order valence-corrected chi connectivity index (χ2v) is 6.63. The molecular weight excluding hydrogens is 323 g/mol. The Morgan fingerprint density at radius 2 is 2.00 bits per heavy atom. The molecule has 132 valence electrons. The molecule has 4 rings (SSSR count). The molecule has 1 aromatic carbocycles. The van der Waals surface area contributed by atoms with Gasteiger partial charge in [-0.2, -0.15) is 0 Å². The molecule has 2 aromatic rings. The largest absolute Gasteiger partial charge is 0.374 e. The molecule has 2 fully saturated rings. The third kappa shape index (κ3) is 3.04.